The first-order valence-corrected chi connectivity index (χ1v) is 9.86. The van der Waals surface area contributed by atoms with E-state index in [-0.39, 0.29) is 17.8 Å². The predicted molar refractivity (Wildman–Crippen MR) is 112 cm³/mol. The van der Waals surface area contributed by atoms with E-state index >= 15 is 0 Å². The molecule has 0 atom stereocenters. The van der Waals surface area contributed by atoms with Crippen LogP contribution in [0.4, 0.5) is 13.2 Å². The third kappa shape index (κ3) is 4.84. The SMILES string of the molecule is COc1cc(CNC(=O)c2cnn(-c3cccc(C(F)(F)F)c3)c2C)cc(Br)c1OC. The van der Waals surface area contributed by atoms with Crippen LogP contribution in [0.5, 0.6) is 11.5 Å². The van der Waals surface area contributed by atoms with Gasteiger partial charge in [0.2, 0.25) is 0 Å². The maximum atomic E-state index is 13.0. The summed E-state index contributed by atoms with van der Waals surface area (Å²) in [6.07, 6.45) is -3.14. The summed E-state index contributed by atoms with van der Waals surface area (Å²) in [7, 11) is 3.03. The Morgan fingerprint density at radius 1 is 1.19 bits per heavy atom. The monoisotopic (exact) mass is 497 g/mol. The minimum atomic E-state index is -4.47. The number of benzene rings is 2. The van der Waals surface area contributed by atoms with Crippen LogP contribution in [0.25, 0.3) is 5.69 Å². The van der Waals surface area contributed by atoms with Crippen LogP contribution < -0.4 is 14.8 Å². The Morgan fingerprint density at radius 3 is 2.58 bits per heavy atom. The first kappa shape index (κ1) is 22.7. The fourth-order valence-electron chi connectivity index (χ4n) is 3.06. The molecule has 0 saturated heterocycles. The van der Waals surface area contributed by atoms with Gasteiger partial charge >= 0.3 is 6.18 Å². The summed E-state index contributed by atoms with van der Waals surface area (Å²) in [6, 6.07) is 8.30. The van der Waals surface area contributed by atoms with Crippen LogP contribution in [0.2, 0.25) is 0 Å². The van der Waals surface area contributed by atoms with E-state index in [1.54, 1.807) is 19.1 Å². The third-order valence-electron chi connectivity index (χ3n) is 4.62. The summed E-state index contributed by atoms with van der Waals surface area (Å²) in [4.78, 5) is 12.7. The van der Waals surface area contributed by atoms with Gasteiger partial charge in [0.15, 0.2) is 11.5 Å². The number of hydrogen-bond acceptors (Lipinski definition) is 4. The highest BCUT2D eigenvalue weighted by atomic mass is 79.9. The summed E-state index contributed by atoms with van der Waals surface area (Å²) in [5, 5.41) is 6.88. The Bertz CT molecular complexity index is 1110. The van der Waals surface area contributed by atoms with Crippen molar-refractivity contribution in [3.63, 3.8) is 0 Å². The van der Waals surface area contributed by atoms with Crippen LogP contribution in [-0.2, 0) is 12.7 Å². The third-order valence-corrected chi connectivity index (χ3v) is 5.21. The van der Waals surface area contributed by atoms with Gasteiger partial charge < -0.3 is 14.8 Å². The summed E-state index contributed by atoms with van der Waals surface area (Å²) in [5.74, 6) is 0.645. The second kappa shape index (κ2) is 9.01. The predicted octanol–water partition coefficient (Wildman–Crippen LogP) is 4.91. The van der Waals surface area contributed by atoms with Crippen molar-refractivity contribution in [3.05, 3.63) is 69.5 Å². The van der Waals surface area contributed by atoms with Crippen LogP contribution in [0.1, 0.15) is 27.2 Å². The number of alkyl halides is 3. The quantitative estimate of drug-likeness (QED) is 0.525. The minimum absolute atomic E-state index is 0.200. The molecule has 1 aromatic heterocycles. The molecule has 1 heterocycles. The van der Waals surface area contributed by atoms with E-state index < -0.39 is 17.6 Å². The van der Waals surface area contributed by atoms with Crippen molar-refractivity contribution in [2.75, 3.05) is 14.2 Å². The second-order valence-electron chi connectivity index (χ2n) is 6.60. The van der Waals surface area contributed by atoms with Gasteiger partial charge in [-0.25, -0.2) is 4.68 Å². The molecular weight excluding hydrogens is 479 g/mol. The molecule has 164 valence electrons. The molecule has 0 unspecified atom stereocenters. The van der Waals surface area contributed by atoms with Crippen molar-refractivity contribution in [2.45, 2.75) is 19.6 Å². The number of halogens is 4. The van der Waals surface area contributed by atoms with Crippen molar-refractivity contribution < 1.29 is 27.4 Å². The van der Waals surface area contributed by atoms with E-state index in [1.165, 1.54) is 37.2 Å². The number of rotatable bonds is 6. The van der Waals surface area contributed by atoms with E-state index in [9.17, 15) is 18.0 Å². The number of nitrogens with one attached hydrogen (secondary N) is 1. The zero-order valence-electron chi connectivity index (χ0n) is 16.9. The number of carbonyl (C=O) groups excluding carboxylic acids is 1. The van der Waals surface area contributed by atoms with Crippen molar-refractivity contribution in [1.29, 1.82) is 0 Å². The van der Waals surface area contributed by atoms with Crippen LogP contribution in [0.15, 0.2) is 47.1 Å². The number of ether oxygens (including phenoxy) is 2. The van der Waals surface area contributed by atoms with Gasteiger partial charge in [0.05, 0.1) is 47.4 Å². The number of carbonyl (C=O) groups is 1. The molecule has 10 heteroatoms. The van der Waals surface area contributed by atoms with Gasteiger partial charge in [-0.2, -0.15) is 18.3 Å². The van der Waals surface area contributed by atoms with E-state index in [0.717, 1.165) is 17.7 Å². The standard InChI is InChI=1S/C21H19BrF3N3O3/c1-12-16(11-27-28(12)15-6-4-5-14(9-15)21(23,24)25)20(29)26-10-13-7-17(22)19(31-3)18(8-13)30-2/h4-9,11H,10H2,1-3H3,(H,26,29). The first-order chi connectivity index (χ1) is 14.7. The van der Waals surface area contributed by atoms with Gasteiger partial charge in [-0.15, -0.1) is 0 Å². The topological polar surface area (TPSA) is 65.4 Å². The largest absolute Gasteiger partial charge is 0.493 e. The fourth-order valence-corrected chi connectivity index (χ4v) is 3.71. The lowest BCUT2D eigenvalue weighted by Gasteiger charge is -2.13. The summed E-state index contributed by atoms with van der Waals surface area (Å²) in [6.45, 7) is 1.82. The summed E-state index contributed by atoms with van der Waals surface area (Å²) in [5.41, 5.74) is 0.878. The lowest BCUT2D eigenvalue weighted by Crippen LogP contribution is -2.23. The van der Waals surface area contributed by atoms with Crippen molar-refractivity contribution >= 4 is 21.8 Å². The molecule has 6 nitrogen and oxygen atoms in total. The zero-order chi connectivity index (χ0) is 22.8. The number of amides is 1. The molecule has 0 fully saturated rings. The molecule has 0 bridgehead atoms. The Kier molecular flexibility index (Phi) is 6.59. The van der Waals surface area contributed by atoms with Crippen molar-refractivity contribution in [2.24, 2.45) is 0 Å². The average molecular weight is 498 g/mol. The molecule has 3 aromatic rings. The maximum Gasteiger partial charge on any atom is 0.416 e. The molecule has 31 heavy (non-hydrogen) atoms. The summed E-state index contributed by atoms with van der Waals surface area (Å²) < 4.78 is 51.5. The second-order valence-corrected chi connectivity index (χ2v) is 7.45. The molecule has 1 amide bonds. The molecular formula is C21H19BrF3N3O3. The van der Waals surface area contributed by atoms with Gasteiger partial charge in [0.25, 0.3) is 5.91 Å². The van der Waals surface area contributed by atoms with Gasteiger partial charge in [-0.1, -0.05) is 6.07 Å². The Balaban J connectivity index is 1.79. The first-order valence-electron chi connectivity index (χ1n) is 9.06. The molecule has 0 aliphatic carbocycles. The highest BCUT2D eigenvalue weighted by Crippen LogP contribution is 2.36. The van der Waals surface area contributed by atoms with E-state index in [0.29, 0.717) is 21.7 Å². The molecule has 2 aromatic carbocycles. The lowest BCUT2D eigenvalue weighted by atomic mass is 10.1. The molecule has 0 spiro atoms. The van der Waals surface area contributed by atoms with Crippen molar-refractivity contribution in [1.82, 2.24) is 15.1 Å². The Labute approximate surface area is 185 Å². The van der Waals surface area contributed by atoms with Gasteiger partial charge in [0, 0.05) is 6.54 Å². The van der Waals surface area contributed by atoms with E-state index in [2.05, 4.69) is 26.3 Å². The van der Waals surface area contributed by atoms with Gasteiger partial charge in [-0.05, 0) is 58.7 Å². The smallest absolute Gasteiger partial charge is 0.416 e. The number of nitrogens with zero attached hydrogens (tertiary/aromatic N) is 2. The van der Waals surface area contributed by atoms with Crippen LogP contribution in [0.3, 0.4) is 0 Å². The minimum Gasteiger partial charge on any atom is -0.493 e. The zero-order valence-corrected chi connectivity index (χ0v) is 18.5. The van der Waals surface area contributed by atoms with Crippen LogP contribution in [-0.4, -0.2) is 29.9 Å². The van der Waals surface area contributed by atoms with Gasteiger partial charge in [-0.3, -0.25) is 4.79 Å². The molecule has 0 saturated carbocycles. The number of aromatic nitrogens is 2. The normalized spacial score (nSPS) is 11.3. The highest BCUT2D eigenvalue weighted by Gasteiger charge is 2.30. The average Bonchev–Trinajstić information content (AvgIpc) is 3.12. The number of methoxy groups -OCH3 is 2. The molecule has 0 aliphatic rings. The Hall–Kier alpha value is -3.01. The molecule has 0 radical (unpaired) electrons. The van der Waals surface area contributed by atoms with E-state index in [1.807, 2.05) is 0 Å². The molecule has 3 rings (SSSR count). The lowest BCUT2D eigenvalue weighted by molar-refractivity contribution is -0.137. The van der Waals surface area contributed by atoms with E-state index in [4.69, 9.17) is 9.47 Å². The van der Waals surface area contributed by atoms with Gasteiger partial charge in [0.1, 0.15) is 0 Å². The summed E-state index contributed by atoms with van der Waals surface area (Å²) >= 11 is 3.40. The fraction of sp³-hybridized carbons (Fsp3) is 0.238. The highest BCUT2D eigenvalue weighted by molar-refractivity contribution is 9.10. The van der Waals surface area contributed by atoms with Crippen LogP contribution in [0, 0.1) is 6.92 Å². The van der Waals surface area contributed by atoms with Crippen molar-refractivity contribution in [3.8, 4) is 17.2 Å². The maximum absolute atomic E-state index is 13.0. The van der Waals surface area contributed by atoms with Crippen LogP contribution >= 0.6 is 15.9 Å². The molecule has 0 aliphatic heterocycles. The molecule has 1 N–H and O–H groups in total. The Morgan fingerprint density at radius 2 is 1.94 bits per heavy atom. The number of hydrogen-bond donors (Lipinski definition) is 1.